The topological polar surface area (TPSA) is 83.5 Å². The third kappa shape index (κ3) is 3.58. The van der Waals surface area contributed by atoms with Gasteiger partial charge in [-0.05, 0) is 64.8 Å². The zero-order valence-corrected chi connectivity index (χ0v) is 19.6. The number of rotatable bonds is 4. The number of ether oxygens (including phenoxy) is 1. The molecule has 1 atom stereocenters. The van der Waals surface area contributed by atoms with Crippen LogP contribution in [0.1, 0.15) is 71.4 Å². The first-order valence-corrected chi connectivity index (χ1v) is 12.6. The van der Waals surface area contributed by atoms with Crippen molar-refractivity contribution in [1.29, 1.82) is 0 Å². The van der Waals surface area contributed by atoms with Gasteiger partial charge in [0.1, 0.15) is 15.9 Å². The van der Waals surface area contributed by atoms with E-state index in [4.69, 9.17) is 4.74 Å². The van der Waals surface area contributed by atoms with E-state index in [0.29, 0.717) is 23.3 Å². The van der Waals surface area contributed by atoms with Gasteiger partial charge < -0.3 is 9.29 Å². The fourth-order valence-electron chi connectivity index (χ4n) is 5.51. The van der Waals surface area contributed by atoms with Crippen LogP contribution in [-0.4, -0.2) is 18.9 Å². The monoisotopic (exact) mass is 461 g/mol. The zero-order valence-electron chi connectivity index (χ0n) is 18.7. The number of hydrogen-bond donors (Lipinski definition) is 0. The first kappa shape index (κ1) is 21.9. The molecule has 3 aromatic rings. The van der Waals surface area contributed by atoms with Gasteiger partial charge in [0.2, 0.25) is 0 Å². The Morgan fingerprint density at radius 2 is 1.52 bits per heavy atom. The molecule has 0 fully saturated rings. The number of fused-ring (bicyclic) bond motifs is 1. The minimum absolute atomic E-state index is 0.0823. The van der Waals surface area contributed by atoms with Crippen LogP contribution in [0.2, 0.25) is 0 Å². The summed E-state index contributed by atoms with van der Waals surface area (Å²) in [5.41, 5.74) is 5.69. The van der Waals surface area contributed by atoms with Crippen LogP contribution in [0.25, 0.3) is 0 Å². The van der Waals surface area contributed by atoms with E-state index < -0.39 is 10.1 Å². The summed E-state index contributed by atoms with van der Waals surface area (Å²) in [5.74, 6) is -0.527. The lowest BCUT2D eigenvalue weighted by molar-refractivity contribution is -0.140. The quantitative estimate of drug-likeness (QED) is 0.302. The average molecular weight is 462 g/mol. The summed E-state index contributed by atoms with van der Waals surface area (Å²) < 4.78 is 41.1. The van der Waals surface area contributed by atoms with Gasteiger partial charge in [-0.25, -0.2) is 8.42 Å². The highest BCUT2D eigenvalue weighted by Gasteiger charge is 2.46. The lowest BCUT2D eigenvalue weighted by Gasteiger charge is -2.44. The number of aryl methyl sites for hydroxylation is 1. The van der Waals surface area contributed by atoms with E-state index in [1.807, 2.05) is 24.3 Å². The van der Waals surface area contributed by atoms with E-state index in [-0.39, 0.29) is 34.5 Å². The summed E-state index contributed by atoms with van der Waals surface area (Å²) in [6.07, 6.45) is 0.667. The molecule has 0 heterocycles. The predicted octanol–water partition coefficient (Wildman–Crippen LogP) is 5.23. The van der Waals surface area contributed by atoms with Gasteiger partial charge in [0.15, 0.2) is 0 Å². The maximum Gasteiger partial charge on any atom is 0.315 e. The normalized spacial score (nSPS) is 20.9. The van der Waals surface area contributed by atoms with Crippen LogP contribution in [0, 0.1) is 12.8 Å². The van der Waals surface area contributed by atoms with Gasteiger partial charge >= 0.3 is 5.97 Å². The Labute approximate surface area is 194 Å². The summed E-state index contributed by atoms with van der Waals surface area (Å²) in [6, 6.07) is 19.4. The second-order valence-corrected chi connectivity index (χ2v) is 10.7. The van der Waals surface area contributed by atoms with Crippen molar-refractivity contribution in [3.63, 3.8) is 0 Å². The van der Waals surface area contributed by atoms with Crippen LogP contribution in [0.15, 0.2) is 65.6 Å². The Balaban J connectivity index is 1.53. The van der Waals surface area contributed by atoms with Crippen molar-refractivity contribution in [2.75, 3.05) is 0 Å². The molecule has 6 heteroatoms. The molecule has 170 valence electrons. The number of hydrogen-bond acceptors (Lipinski definition) is 5. The van der Waals surface area contributed by atoms with Crippen molar-refractivity contribution >= 4 is 16.1 Å². The summed E-state index contributed by atoms with van der Waals surface area (Å²) >= 11 is 0. The van der Waals surface area contributed by atoms with E-state index in [1.165, 1.54) is 34.4 Å². The van der Waals surface area contributed by atoms with Gasteiger partial charge in [0.25, 0.3) is 0 Å². The van der Waals surface area contributed by atoms with Crippen LogP contribution in [0.3, 0.4) is 0 Å². The maximum absolute atomic E-state index is 13.5. The molecule has 0 radical (unpaired) electrons. The molecule has 0 amide bonds. The van der Waals surface area contributed by atoms with E-state index in [1.54, 1.807) is 20.8 Å². The molecule has 0 saturated carbocycles. The summed E-state index contributed by atoms with van der Waals surface area (Å²) in [7, 11) is -4.63. The fourth-order valence-corrected chi connectivity index (χ4v) is 6.41. The Kier molecular flexibility index (Phi) is 5.18. The van der Waals surface area contributed by atoms with Crippen LogP contribution >= 0.6 is 0 Å². The third-order valence-corrected chi connectivity index (χ3v) is 7.91. The summed E-state index contributed by atoms with van der Waals surface area (Å²) in [5, 5.41) is 0. The minimum Gasteiger partial charge on any atom is -0.744 e. The minimum atomic E-state index is -4.63. The Hall–Kier alpha value is -2.96. The molecule has 3 aliphatic carbocycles. The van der Waals surface area contributed by atoms with Crippen molar-refractivity contribution in [2.24, 2.45) is 5.92 Å². The Morgan fingerprint density at radius 1 is 0.970 bits per heavy atom. The van der Waals surface area contributed by atoms with E-state index in [9.17, 15) is 17.8 Å². The third-order valence-electron chi connectivity index (χ3n) is 7.02. The van der Waals surface area contributed by atoms with Crippen molar-refractivity contribution in [3.05, 3.63) is 94.0 Å². The van der Waals surface area contributed by atoms with Gasteiger partial charge in [-0.2, -0.15) is 0 Å². The van der Waals surface area contributed by atoms with Gasteiger partial charge in [0, 0.05) is 11.8 Å². The molecule has 0 N–H and O–H groups in total. The lowest BCUT2D eigenvalue weighted by atomic mass is 9.59. The second-order valence-electron chi connectivity index (χ2n) is 9.32. The highest BCUT2D eigenvalue weighted by Crippen LogP contribution is 2.55. The van der Waals surface area contributed by atoms with Crippen LogP contribution in [0.5, 0.6) is 5.75 Å². The second kappa shape index (κ2) is 7.82. The first-order chi connectivity index (χ1) is 15.7. The molecule has 6 rings (SSSR count). The Bertz CT molecular complexity index is 1330. The summed E-state index contributed by atoms with van der Waals surface area (Å²) in [4.78, 5) is 13.2. The molecule has 5 nitrogen and oxygen atoms in total. The zero-order chi connectivity index (χ0) is 23.5. The molecule has 2 bridgehead atoms. The molecule has 0 aliphatic heterocycles. The number of benzene rings is 3. The number of carbonyl (C=O) groups excluding carboxylic acids is 1. The fraction of sp³-hybridized carbons (Fsp3) is 0.296. The Morgan fingerprint density at radius 3 is 2.03 bits per heavy atom. The molecule has 33 heavy (non-hydrogen) atoms. The highest BCUT2D eigenvalue weighted by atomic mass is 32.2. The van der Waals surface area contributed by atoms with Crippen molar-refractivity contribution < 1.29 is 22.5 Å². The molecule has 1 unspecified atom stereocenters. The molecule has 0 saturated heterocycles. The highest BCUT2D eigenvalue weighted by molar-refractivity contribution is 7.85. The van der Waals surface area contributed by atoms with Crippen LogP contribution in [-0.2, 0) is 14.9 Å². The van der Waals surface area contributed by atoms with E-state index in [0.717, 1.165) is 0 Å². The number of esters is 1. The van der Waals surface area contributed by atoms with E-state index >= 15 is 0 Å². The van der Waals surface area contributed by atoms with E-state index in [2.05, 4.69) is 24.3 Å². The van der Waals surface area contributed by atoms with Gasteiger partial charge in [-0.3, -0.25) is 4.79 Å². The standard InChI is InChI=1S/C27H26O5S/c1-15(2)21-14-24(16(3)12-25(21)33(29,30)31)32-27(28)23-13-22-17-8-4-6-10-19(17)26(23)20-11-7-5-9-18(20)22/h4-12,14-15,22-23,26H,13H2,1-3H3,(H,29,30,31)/p-1. The maximum atomic E-state index is 13.5. The van der Waals surface area contributed by atoms with Gasteiger partial charge in [0.05, 0.1) is 10.8 Å². The SMILES string of the molecule is Cc1cc(S(=O)(=O)[O-])c(C(C)C)cc1OC(=O)C1CC2c3ccccc3C1c1ccccc12. The van der Waals surface area contributed by atoms with Crippen molar-refractivity contribution in [1.82, 2.24) is 0 Å². The van der Waals surface area contributed by atoms with Crippen LogP contribution < -0.4 is 4.74 Å². The van der Waals surface area contributed by atoms with Crippen molar-refractivity contribution in [3.8, 4) is 5.75 Å². The molecule has 0 aromatic heterocycles. The van der Waals surface area contributed by atoms with Gasteiger partial charge in [-0.15, -0.1) is 0 Å². The largest absolute Gasteiger partial charge is 0.744 e. The van der Waals surface area contributed by atoms with Crippen molar-refractivity contribution in [2.45, 2.75) is 49.8 Å². The number of carbonyl (C=O) groups is 1. The molecule has 3 aromatic carbocycles. The lowest BCUT2D eigenvalue weighted by Crippen LogP contribution is -2.38. The molecular formula is C27H25O5S-. The first-order valence-electron chi connectivity index (χ1n) is 11.2. The molecule has 3 aliphatic rings. The molecular weight excluding hydrogens is 436 g/mol. The smallest absolute Gasteiger partial charge is 0.315 e. The molecule has 0 spiro atoms. The predicted molar refractivity (Wildman–Crippen MR) is 124 cm³/mol. The average Bonchev–Trinajstić information content (AvgIpc) is 2.79. The van der Waals surface area contributed by atoms with Gasteiger partial charge in [-0.1, -0.05) is 62.4 Å². The van der Waals surface area contributed by atoms with Crippen LogP contribution in [0.4, 0.5) is 0 Å². The summed E-state index contributed by atoms with van der Waals surface area (Å²) in [6.45, 7) is 5.26.